The number of carbonyl (C=O) groups is 2. The van der Waals surface area contributed by atoms with Crippen LogP contribution in [0, 0.1) is 0 Å². The van der Waals surface area contributed by atoms with Crippen LogP contribution in [0.5, 0.6) is 0 Å². The van der Waals surface area contributed by atoms with Crippen molar-refractivity contribution < 1.29 is 18.7 Å². The SMILES string of the molecule is COC(=O)c1ccc(N2CCN(C)CC2)c(NC(=O)c2ccc(-c3cccc(Cl)c3)o2)c1. The maximum absolute atomic E-state index is 13.0. The van der Waals surface area contributed by atoms with Crippen molar-refractivity contribution >= 4 is 34.9 Å². The Morgan fingerprint density at radius 1 is 1.03 bits per heavy atom. The van der Waals surface area contributed by atoms with Crippen molar-refractivity contribution in [2.45, 2.75) is 0 Å². The summed E-state index contributed by atoms with van der Waals surface area (Å²) in [5, 5.41) is 3.49. The van der Waals surface area contributed by atoms with Gasteiger partial charge in [0.1, 0.15) is 5.76 Å². The molecule has 166 valence electrons. The van der Waals surface area contributed by atoms with Crippen LogP contribution in [0.3, 0.4) is 0 Å². The molecule has 0 bridgehead atoms. The van der Waals surface area contributed by atoms with E-state index in [1.807, 2.05) is 18.2 Å². The highest BCUT2D eigenvalue weighted by atomic mass is 35.5. The van der Waals surface area contributed by atoms with E-state index < -0.39 is 11.9 Å². The Kier molecular flexibility index (Phi) is 6.48. The third-order valence-corrected chi connectivity index (χ3v) is 5.68. The number of hydrogen-bond donors (Lipinski definition) is 1. The molecular weight excluding hydrogens is 430 g/mol. The fourth-order valence-corrected chi connectivity index (χ4v) is 3.84. The second-order valence-corrected chi connectivity index (χ2v) is 8.08. The van der Waals surface area contributed by atoms with Crippen LogP contribution in [0.1, 0.15) is 20.9 Å². The van der Waals surface area contributed by atoms with E-state index in [4.69, 9.17) is 20.8 Å². The topological polar surface area (TPSA) is 75.0 Å². The van der Waals surface area contributed by atoms with Crippen molar-refractivity contribution in [3.05, 3.63) is 70.9 Å². The number of carbonyl (C=O) groups excluding carboxylic acids is 2. The first-order chi connectivity index (χ1) is 15.4. The monoisotopic (exact) mass is 453 g/mol. The third kappa shape index (κ3) is 4.79. The molecule has 3 aromatic rings. The minimum absolute atomic E-state index is 0.160. The number of anilines is 2. The average Bonchev–Trinajstić information content (AvgIpc) is 3.30. The first-order valence-electron chi connectivity index (χ1n) is 10.3. The number of furan rings is 1. The van der Waals surface area contributed by atoms with Crippen LogP contribution in [-0.4, -0.2) is 57.1 Å². The summed E-state index contributed by atoms with van der Waals surface area (Å²) in [4.78, 5) is 29.5. The van der Waals surface area contributed by atoms with Gasteiger partial charge in [-0.15, -0.1) is 0 Å². The highest BCUT2D eigenvalue weighted by Gasteiger charge is 2.21. The molecule has 32 heavy (non-hydrogen) atoms. The van der Waals surface area contributed by atoms with Gasteiger partial charge in [0.25, 0.3) is 5.91 Å². The molecule has 1 aliphatic heterocycles. The molecule has 1 N–H and O–H groups in total. The van der Waals surface area contributed by atoms with Crippen LogP contribution in [0.15, 0.2) is 59.0 Å². The normalized spacial score (nSPS) is 14.3. The lowest BCUT2D eigenvalue weighted by Gasteiger charge is -2.35. The van der Waals surface area contributed by atoms with Crippen LogP contribution < -0.4 is 10.2 Å². The third-order valence-electron chi connectivity index (χ3n) is 5.45. The number of esters is 1. The van der Waals surface area contributed by atoms with Crippen molar-refractivity contribution in [1.82, 2.24) is 4.90 Å². The number of likely N-dealkylation sites (N-methyl/N-ethyl adjacent to an activating group) is 1. The van der Waals surface area contributed by atoms with E-state index >= 15 is 0 Å². The number of hydrogen-bond acceptors (Lipinski definition) is 6. The lowest BCUT2D eigenvalue weighted by molar-refractivity contribution is 0.0600. The van der Waals surface area contributed by atoms with Gasteiger partial charge >= 0.3 is 5.97 Å². The molecule has 1 amide bonds. The number of rotatable bonds is 5. The largest absolute Gasteiger partial charge is 0.465 e. The van der Waals surface area contributed by atoms with Crippen molar-refractivity contribution in [2.24, 2.45) is 0 Å². The van der Waals surface area contributed by atoms with Gasteiger partial charge in [-0.25, -0.2) is 4.79 Å². The molecule has 0 saturated carbocycles. The molecule has 8 heteroatoms. The van der Waals surface area contributed by atoms with Gasteiger partial charge in [-0.2, -0.15) is 0 Å². The maximum atomic E-state index is 13.0. The quantitative estimate of drug-likeness (QED) is 0.577. The van der Waals surface area contributed by atoms with Crippen LogP contribution in [0.2, 0.25) is 5.02 Å². The van der Waals surface area contributed by atoms with Gasteiger partial charge in [-0.05, 0) is 49.5 Å². The number of piperazine rings is 1. The molecule has 1 aromatic heterocycles. The van der Waals surface area contributed by atoms with E-state index in [0.717, 1.165) is 37.4 Å². The van der Waals surface area contributed by atoms with Crippen molar-refractivity contribution in [3.63, 3.8) is 0 Å². The number of methoxy groups -OCH3 is 1. The van der Waals surface area contributed by atoms with Crippen molar-refractivity contribution in [2.75, 3.05) is 50.6 Å². The summed E-state index contributed by atoms with van der Waals surface area (Å²) in [5.41, 5.74) is 2.52. The van der Waals surface area contributed by atoms with Crippen molar-refractivity contribution in [3.8, 4) is 11.3 Å². The number of amides is 1. The predicted molar refractivity (Wildman–Crippen MR) is 125 cm³/mol. The zero-order chi connectivity index (χ0) is 22.7. The van der Waals surface area contributed by atoms with E-state index in [9.17, 15) is 9.59 Å². The summed E-state index contributed by atoms with van der Waals surface area (Å²) in [7, 11) is 3.41. The van der Waals surface area contributed by atoms with E-state index in [0.29, 0.717) is 22.0 Å². The Morgan fingerprint density at radius 2 is 1.81 bits per heavy atom. The van der Waals surface area contributed by atoms with E-state index in [-0.39, 0.29) is 5.76 Å². The molecule has 0 radical (unpaired) electrons. The number of halogens is 1. The fraction of sp³-hybridized carbons (Fsp3) is 0.250. The van der Waals surface area contributed by atoms with E-state index in [2.05, 4.69) is 22.2 Å². The molecular formula is C24H24ClN3O4. The summed E-state index contributed by atoms with van der Waals surface area (Å²) in [6.07, 6.45) is 0. The van der Waals surface area contributed by atoms with Gasteiger partial charge in [-0.3, -0.25) is 4.79 Å². The molecule has 2 aromatic carbocycles. The highest BCUT2D eigenvalue weighted by Crippen LogP contribution is 2.30. The molecule has 0 spiro atoms. The average molecular weight is 454 g/mol. The van der Waals surface area contributed by atoms with Gasteiger partial charge in [0, 0.05) is 36.8 Å². The second-order valence-electron chi connectivity index (χ2n) is 7.64. The molecule has 7 nitrogen and oxygen atoms in total. The summed E-state index contributed by atoms with van der Waals surface area (Å²) in [5.74, 6) is -0.171. The van der Waals surface area contributed by atoms with Crippen LogP contribution in [0.25, 0.3) is 11.3 Å². The van der Waals surface area contributed by atoms with Gasteiger partial charge in [0.2, 0.25) is 0 Å². The summed E-state index contributed by atoms with van der Waals surface area (Å²) in [6.45, 7) is 3.45. The Morgan fingerprint density at radius 3 is 2.53 bits per heavy atom. The maximum Gasteiger partial charge on any atom is 0.337 e. The molecule has 2 heterocycles. The smallest absolute Gasteiger partial charge is 0.337 e. The molecule has 1 fully saturated rings. The molecule has 1 aliphatic rings. The summed E-state index contributed by atoms with van der Waals surface area (Å²) in [6, 6.07) is 15.8. The standard InChI is InChI=1S/C24H24ClN3O4/c1-27-10-12-28(13-11-27)20-7-6-17(24(30)31-2)15-19(20)26-23(29)22-9-8-21(32-22)16-4-3-5-18(25)14-16/h3-9,14-15H,10-13H2,1-2H3,(H,26,29). The Balaban J connectivity index is 1.60. The highest BCUT2D eigenvalue weighted by molar-refractivity contribution is 6.30. The fourth-order valence-electron chi connectivity index (χ4n) is 3.64. The molecule has 0 aliphatic carbocycles. The number of nitrogens with one attached hydrogen (secondary N) is 1. The van der Waals surface area contributed by atoms with E-state index in [1.54, 1.807) is 36.4 Å². The predicted octanol–water partition coefficient (Wildman–Crippen LogP) is 4.39. The Hall–Kier alpha value is -3.29. The van der Waals surface area contributed by atoms with Crippen LogP contribution in [-0.2, 0) is 4.74 Å². The van der Waals surface area contributed by atoms with Gasteiger partial charge in [0.05, 0.1) is 24.0 Å². The number of nitrogens with zero attached hydrogens (tertiary/aromatic N) is 2. The minimum Gasteiger partial charge on any atom is -0.465 e. The van der Waals surface area contributed by atoms with Gasteiger partial charge in [0.15, 0.2) is 5.76 Å². The minimum atomic E-state index is -0.466. The lowest BCUT2D eigenvalue weighted by Crippen LogP contribution is -2.44. The Labute approximate surface area is 191 Å². The zero-order valence-electron chi connectivity index (χ0n) is 17.9. The number of ether oxygens (including phenoxy) is 1. The first kappa shape index (κ1) is 21.9. The van der Waals surface area contributed by atoms with Gasteiger partial charge < -0.3 is 24.3 Å². The molecule has 0 atom stereocenters. The Bertz CT molecular complexity index is 1140. The molecule has 1 saturated heterocycles. The van der Waals surface area contributed by atoms with Crippen LogP contribution >= 0.6 is 11.6 Å². The summed E-state index contributed by atoms with van der Waals surface area (Å²) >= 11 is 6.06. The lowest BCUT2D eigenvalue weighted by atomic mass is 10.1. The first-order valence-corrected chi connectivity index (χ1v) is 10.7. The number of benzene rings is 2. The van der Waals surface area contributed by atoms with Crippen molar-refractivity contribution in [1.29, 1.82) is 0 Å². The second kappa shape index (κ2) is 9.46. The molecule has 4 rings (SSSR count). The van der Waals surface area contributed by atoms with Gasteiger partial charge in [-0.1, -0.05) is 23.7 Å². The van der Waals surface area contributed by atoms with E-state index in [1.165, 1.54) is 7.11 Å². The van der Waals surface area contributed by atoms with Crippen LogP contribution in [0.4, 0.5) is 11.4 Å². The zero-order valence-corrected chi connectivity index (χ0v) is 18.7. The molecule has 0 unspecified atom stereocenters. The summed E-state index contributed by atoms with van der Waals surface area (Å²) < 4.78 is 10.6.